The topological polar surface area (TPSA) is 20.3 Å². The van der Waals surface area contributed by atoms with Crippen LogP contribution in [-0.2, 0) is 4.79 Å². The van der Waals surface area contributed by atoms with Gasteiger partial charge in [0.05, 0.1) is 0 Å². The predicted octanol–water partition coefficient (Wildman–Crippen LogP) is 3.71. The molecular weight excluding hydrogens is 198 g/mol. The molecule has 0 fully saturated rings. The first-order chi connectivity index (χ1) is 7.05. The fraction of sp³-hybridized carbons (Fsp3) is 0.929. The van der Waals surface area contributed by atoms with Gasteiger partial charge in [0.15, 0.2) is 0 Å². The van der Waals surface area contributed by atoms with Crippen molar-refractivity contribution < 1.29 is 4.79 Å². The summed E-state index contributed by atoms with van der Waals surface area (Å²) in [6, 6.07) is 0. The fourth-order valence-electron chi connectivity index (χ4n) is 1.56. The highest BCUT2D eigenvalue weighted by atomic mass is 16.2. The third-order valence-electron chi connectivity index (χ3n) is 2.45. The van der Waals surface area contributed by atoms with E-state index in [2.05, 4.69) is 41.5 Å². The predicted molar refractivity (Wildman–Crippen MR) is 70.4 cm³/mol. The van der Waals surface area contributed by atoms with Crippen LogP contribution in [0.4, 0.5) is 0 Å². The lowest BCUT2D eigenvalue weighted by atomic mass is 9.91. The Kier molecular flexibility index (Phi) is 5.51. The van der Waals surface area contributed by atoms with Gasteiger partial charge in [0.25, 0.3) is 0 Å². The number of hydrogen-bond donors (Lipinski definition) is 0. The SMILES string of the molecule is CCC(=O)N(CCC(C)(C)C)CC(C)(C)C. The van der Waals surface area contributed by atoms with Gasteiger partial charge in [-0.05, 0) is 17.3 Å². The van der Waals surface area contributed by atoms with Crippen LogP contribution in [0.5, 0.6) is 0 Å². The fourth-order valence-corrected chi connectivity index (χ4v) is 1.56. The molecule has 1 amide bonds. The number of nitrogens with zero attached hydrogens (tertiary/aromatic N) is 1. The number of carbonyl (C=O) groups is 1. The summed E-state index contributed by atoms with van der Waals surface area (Å²) in [5.74, 6) is 0.277. The summed E-state index contributed by atoms with van der Waals surface area (Å²) >= 11 is 0. The second-order valence-corrected chi connectivity index (χ2v) is 7.04. The van der Waals surface area contributed by atoms with Gasteiger partial charge in [-0.25, -0.2) is 0 Å². The van der Waals surface area contributed by atoms with Crippen LogP contribution in [0.3, 0.4) is 0 Å². The maximum atomic E-state index is 11.8. The lowest BCUT2D eigenvalue weighted by Crippen LogP contribution is -2.39. The Morgan fingerprint density at radius 2 is 1.50 bits per heavy atom. The molecule has 0 saturated heterocycles. The zero-order valence-electron chi connectivity index (χ0n) is 12.2. The second kappa shape index (κ2) is 5.70. The minimum absolute atomic E-state index is 0.183. The lowest BCUT2D eigenvalue weighted by Gasteiger charge is -2.32. The van der Waals surface area contributed by atoms with Gasteiger partial charge in [0, 0.05) is 19.5 Å². The van der Waals surface area contributed by atoms with Gasteiger partial charge >= 0.3 is 0 Å². The molecule has 2 nitrogen and oxygen atoms in total. The molecule has 0 aromatic carbocycles. The molecule has 0 heterocycles. The van der Waals surface area contributed by atoms with Gasteiger partial charge in [-0.3, -0.25) is 4.79 Å². The highest BCUT2D eigenvalue weighted by Gasteiger charge is 2.21. The molecule has 0 N–H and O–H groups in total. The van der Waals surface area contributed by atoms with Crippen molar-refractivity contribution in [2.24, 2.45) is 10.8 Å². The molecule has 0 radical (unpaired) electrons. The van der Waals surface area contributed by atoms with Crippen molar-refractivity contribution in [2.45, 2.75) is 61.3 Å². The smallest absolute Gasteiger partial charge is 0.222 e. The van der Waals surface area contributed by atoms with Crippen molar-refractivity contribution in [1.82, 2.24) is 4.90 Å². The van der Waals surface area contributed by atoms with E-state index in [1.54, 1.807) is 0 Å². The van der Waals surface area contributed by atoms with Gasteiger partial charge in [-0.1, -0.05) is 48.5 Å². The largest absolute Gasteiger partial charge is 0.342 e. The molecule has 0 rings (SSSR count). The van der Waals surface area contributed by atoms with E-state index >= 15 is 0 Å². The Morgan fingerprint density at radius 1 is 1.00 bits per heavy atom. The molecule has 96 valence electrons. The number of hydrogen-bond acceptors (Lipinski definition) is 1. The minimum Gasteiger partial charge on any atom is -0.342 e. The van der Waals surface area contributed by atoms with Gasteiger partial charge in [-0.2, -0.15) is 0 Å². The van der Waals surface area contributed by atoms with E-state index in [0.717, 1.165) is 19.5 Å². The number of rotatable bonds is 4. The highest BCUT2D eigenvalue weighted by Crippen LogP contribution is 2.21. The average molecular weight is 227 g/mol. The van der Waals surface area contributed by atoms with E-state index in [0.29, 0.717) is 11.8 Å². The Bertz CT molecular complexity index is 220. The molecule has 0 aliphatic heterocycles. The zero-order chi connectivity index (χ0) is 13.0. The summed E-state index contributed by atoms with van der Waals surface area (Å²) in [5.41, 5.74) is 0.479. The normalized spacial score (nSPS) is 12.7. The molecule has 0 saturated carbocycles. The molecule has 16 heavy (non-hydrogen) atoms. The standard InChI is InChI=1S/C14H29NO/c1-8-12(16)15(11-14(5,6)7)10-9-13(2,3)4/h8-11H2,1-7H3. The van der Waals surface area contributed by atoms with Crippen molar-refractivity contribution in [2.75, 3.05) is 13.1 Å². The summed E-state index contributed by atoms with van der Waals surface area (Å²) in [7, 11) is 0. The van der Waals surface area contributed by atoms with E-state index in [4.69, 9.17) is 0 Å². The average Bonchev–Trinajstić information content (AvgIpc) is 2.07. The molecule has 2 heteroatoms. The summed E-state index contributed by atoms with van der Waals surface area (Å²) in [6.07, 6.45) is 1.68. The summed E-state index contributed by atoms with van der Waals surface area (Å²) in [6.45, 7) is 16.9. The third kappa shape index (κ3) is 7.72. The molecule has 0 aromatic rings. The molecular formula is C14H29NO. The first-order valence-corrected chi connectivity index (χ1v) is 6.33. The van der Waals surface area contributed by atoms with Gasteiger partial charge < -0.3 is 4.90 Å². The quantitative estimate of drug-likeness (QED) is 0.717. The molecule has 0 aliphatic carbocycles. The van der Waals surface area contributed by atoms with Crippen molar-refractivity contribution in [3.05, 3.63) is 0 Å². The van der Waals surface area contributed by atoms with Crippen molar-refractivity contribution in [3.63, 3.8) is 0 Å². The molecule has 0 spiro atoms. The van der Waals surface area contributed by atoms with Crippen LogP contribution < -0.4 is 0 Å². The first-order valence-electron chi connectivity index (χ1n) is 6.33. The van der Waals surface area contributed by atoms with Crippen LogP contribution in [0.15, 0.2) is 0 Å². The second-order valence-electron chi connectivity index (χ2n) is 7.04. The van der Waals surface area contributed by atoms with Crippen LogP contribution >= 0.6 is 0 Å². The minimum atomic E-state index is 0.183. The maximum Gasteiger partial charge on any atom is 0.222 e. The van der Waals surface area contributed by atoms with E-state index in [1.807, 2.05) is 11.8 Å². The zero-order valence-corrected chi connectivity index (χ0v) is 12.2. The molecule has 0 unspecified atom stereocenters. The molecule has 0 bridgehead atoms. The van der Waals surface area contributed by atoms with Gasteiger partial charge in [-0.15, -0.1) is 0 Å². The van der Waals surface area contributed by atoms with Crippen molar-refractivity contribution in [3.8, 4) is 0 Å². The molecule has 0 aliphatic rings. The molecule has 0 aromatic heterocycles. The van der Waals surface area contributed by atoms with E-state index in [1.165, 1.54) is 0 Å². The Morgan fingerprint density at radius 3 is 1.81 bits per heavy atom. The van der Waals surface area contributed by atoms with E-state index in [9.17, 15) is 4.79 Å². The van der Waals surface area contributed by atoms with Crippen molar-refractivity contribution in [1.29, 1.82) is 0 Å². The Hall–Kier alpha value is -0.530. The van der Waals surface area contributed by atoms with Crippen LogP contribution in [0.25, 0.3) is 0 Å². The van der Waals surface area contributed by atoms with Crippen LogP contribution in [0.2, 0.25) is 0 Å². The summed E-state index contributed by atoms with van der Waals surface area (Å²) in [5, 5.41) is 0. The monoisotopic (exact) mass is 227 g/mol. The van der Waals surface area contributed by atoms with E-state index < -0.39 is 0 Å². The van der Waals surface area contributed by atoms with Gasteiger partial charge in [0.2, 0.25) is 5.91 Å². The Labute approximate surface area is 101 Å². The van der Waals surface area contributed by atoms with E-state index in [-0.39, 0.29) is 11.3 Å². The lowest BCUT2D eigenvalue weighted by molar-refractivity contribution is -0.132. The summed E-state index contributed by atoms with van der Waals surface area (Å²) < 4.78 is 0. The highest BCUT2D eigenvalue weighted by molar-refractivity contribution is 5.75. The van der Waals surface area contributed by atoms with Crippen molar-refractivity contribution >= 4 is 5.91 Å². The summed E-state index contributed by atoms with van der Waals surface area (Å²) in [4.78, 5) is 13.9. The van der Waals surface area contributed by atoms with Gasteiger partial charge in [0.1, 0.15) is 0 Å². The maximum absolute atomic E-state index is 11.8. The number of amides is 1. The molecule has 0 atom stereocenters. The van der Waals surface area contributed by atoms with Crippen LogP contribution in [0, 0.1) is 10.8 Å². The third-order valence-corrected chi connectivity index (χ3v) is 2.45. The van der Waals surface area contributed by atoms with Crippen LogP contribution in [-0.4, -0.2) is 23.9 Å². The Balaban J connectivity index is 4.40. The van der Waals surface area contributed by atoms with Crippen LogP contribution in [0.1, 0.15) is 61.3 Å². The number of carbonyl (C=O) groups excluding carboxylic acids is 1. The first kappa shape index (κ1) is 15.5.